The summed E-state index contributed by atoms with van der Waals surface area (Å²) in [6.07, 6.45) is -2.75. The molecule has 2 atom stereocenters. The Hall–Kier alpha value is -2.93. The molecule has 2 aromatic rings. The number of aliphatic hydroxyl groups excluding tert-OH is 1. The van der Waals surface area contributed by atoms with Gasteiger partial charge in [-0.3, -0.25) is 4.79 Å². The van der Waals surface area contributed by atoms with Crippen LogP contribution in [0.15, 0.2) is 30.3 Å². The Morgan fingerprint density at radius 1 is 0.909 bits per heavy atom. The molecule has 0 aromatic heterocycles. The fraction of sp³-hybridized carbons (Fsp3) is 0.133. The van der Waals surface area contributed by atoms with Gasteiger partial charge in [-0.25, -0.2) is 0 Å². The molecule has 7 heteroatoms. The lowest BCUT2D eigenvalue weighted by Gasteiger charge is -2.30. The SMILES string of the molecule is O=C1c2c(ccc(O)c2O)OC(c2ccc(O)c(O)c2)C1O. The summed E-state index contributed by atoms with van der Waals surface area (Å²) in [4.78, 5) is 12.2. The zero-order chi connectivity index (χ0) is 16.0. The molecule has 22 heavy (non-hydrogen) atoms. The summed E-state index contributed by atoms with van der Waals surface area (Å²) in [6, 6.07) is 6.21. The topological polar surface area (TPSA) is 127 Å². The highest BCUT2D eigenvalue weighted by atomic mass is 16.5. The van der Waals surface area contributed by atoms with Crippen molar-refractivity contribution in [3.63, 3.8) is 0 Å². The van der Waals surface area contributed by atoms with Gasteiger partial charge in [-0.15, -0.1) is 0 Å². The second-order valence-electron chi connectivity index (χ2n) is 4.90. The Morgan fingerprint density at radius 2 is 1.59 bits per heavy atom. The molecule has 5 N–H and O–H groups in total. The average Bonchev–Trinajstić information content (AvgIpc) is 2.49. The first-order valence-electron chi connectivity index (χ1n) is 6.36. The number of carbonyl (C=O) groups is 1. The number of hydrogen-bond acceptors (Lipinski definition) is 7. The van der Waals surface area contributed by atoms with E-state index < -0.39 is 35.2 Å². The Labute approximate surface area is 124 Å². The highest BCUT2D eigenvalue weighted by Gasteiger charge is 2.39. The molecule has 0 spiro atoms. The van der Waals surface area contributed by atoms with Gasteiger partial charge in [-0.2, -0.15) is 0 Å². The van der Waals surface area contributed by atoms with Crippen LogP contribution in [-0.4, -0.2) is 37.4 Å². The minimum atomic E-state index is -1.64. The molecule has 2 unspecified atom stereocenters. The molecule has 0 saturated carbocycles. The maximum Gasteiger partial charge on any atom is 0.203 e. The maximum absolute atomic E-state index is 12.2. The molecule has 1 aliphatic rings. The molecule has 7 nitrogen and oxygen atoms in total. The van der Waals surface area contributed by atoms with Crippen LogP contribution in [0.25, 0.3) is 0 Å². The third kappa shape index (κ3) is 1.99. The van der Waals surface area contributed by atoms with Crippen molar-refractivity contribution in [3.05, 3.63) is 41.5 Å². The van der Waals surface area contributed by atoms with Crippen LogP contribution in [0.5, 0.6) is 28.7 Å². The highest BCUT2D eigenvalue weighted by molar-refractivity contribution is 6.06. The predicted molar refractivity (Wildman–Crippen MR) is 73.2 cm³/mol. The lowest BCUT2D eigenvalue weighted by Crippen LogP contribution is -2.36. The molecule has 0 fully saturated rings. The lowest BCUT2D eigenvalue weighted by molar-refractivity contribution is 0.0210. The van der Waals surface area contributed by atoms with Crippen LogP contribution in [0.3, 0.4) is 0 Å². The number of benzene rings is 2. The molecule has 114 valence electrons. The number of carbonyl (C=O) groups excluding carboxylic acids is 1. The third-order valence-corrected chi connectivity index (χ3v) is 3.50. The molecular weight excluding hydrogens is 292 g/mol. The maximum atomic E-state index is 12.2. The van der Waals surface area contributed by atoms with E-state index in [4.69, 9.17) is 4.74 Å². The van der Waals surface area contributed by atoms with Crippen molar-refractivity contribution >= 4 is 5.78 Å². The summed E-state index contributed by atoms with van der Waals surface area (Å²) in [5.74, 6) is -2.73. The van der Waals surface area contributed by atoms with Crippen LogP contribution in [0, 0.1) is 0 Å². The zero-order valence-corrected chi connectivity index (χ0v) is 11.1. The number of fused-ring (bicyclic) bond motifs is 1. The average molecular weight is 304 g/mol. The van der Waals surface area contributed by atoms with Gasteiger partial charge in [0.05, 0.1) is 0 Å². The number of phenols is 4. The predicted octanol–water partition coefficient (Wildman–Crippen LogP) is 1.19. The van der Waals surface area contributed by atoms with Gasteiger partial charge in [0.1, 0.15) is 11.3 Å². The molecule has 0 bridgehead atoms. The van der Waals surface area contributed by atoms with E-state index in [1.807, 2.05) is 0 Å². The van der Waals surface area contributed by atoms with Gasteiger partial charge in [0.2, 0.25) is 5.78 Å². The van der Waals surface area contributed by atoms with Gasteiger partial charge in [0, 0.05) is 0 Å². The van der Waals surface area contributed by atoms with Crippen molar-refractivity contribution < 1.29 is 35.1 Å². The van der Waals surface area contributed by atoms with Crippen molar-refractivity contribution in [2.45, 2.75) is 12.2 Å². The van der Waals surface area contributed by atoms with E-state index >= 15 is 0 Å². The zero-order valence-electron chi connectivity index (χ0n) is 11.1. The van der Waals surface area contributed by atoms with Gasteiger partial charge in [-0.05, 0) is 29.8 Å². The number of aliphatic hydroxyl groups is 1. The van der Waals surface area contributed by atoms with Crippen LogP contribution in [0.1, 0.15) is 22.0 Å². The fourth-order valence-corrected chi connectivity index (χ4v) is 2.35. The summed E-state index contributed by atoms with van der Waals surface area (Å²) in [6.45, 7) is 0. The van der Waals surface area contributed by atoms with E-state index in [0.29, 0.717) is 0 Å². The van der Waals surface area contributed by atoms with E-state index in [1.54, 1.807) is 0 Å². The number of aromatic hydroxyl groups is 4. The standard InChI is InChI=1S/C15H12O7/c16-7-2-1-6(5-9(7)18)15-14(21)13(20)11-10(22-15)4-3-8(17)12(11)19/h1-5,14-19,21H. The second-order valence-corrected chi connectivity index (χ2v) is 4.90. The summed E-state index contributed by atoms with van der Waals surface area (Å²) in [7, 11) is 0. The van der Waals surface area contributed by atoms with Crippen molar-refractivity contribution in [1.29, 1.82) is 0 Å². The molecule has 0 saturated heterocycles. The Morgan fingerprint density at radius 3 is 2.27 bits per heavy atom. The van der Waals surface area contributed by atoms with Gasteiger partial charge >= 0.3 is 0 Å². The van der Waals surface area contributed by atoms with Gasteiger partial charge < -0.3 is 30.3 Å². The third-order valence-electron chi connectivity index (χ3n) is 3.50. The highest BCUT2D eigenvalue weighted by Crippen LogP contribution is 2.43. The van der Waals surface area contributed by atoms with Gasteiger partial charge in [0.15, 0.2) is 35.2 Å². The molecule has 0 radical (unpaired) electrons. The van der Waals surface area contributed by atoms with Crippen LogP contribution in [0.2, 0.25) is 0 Å². The van der Waals surface area contributed by atoms with Gasteiger partial charge in [-0.1, -0.05) is 6.07 Å². The monoisotopic (exact) mass is 304 g/mol. The first-order valence-corrected chi connectivity index (χ1v) is 6.36. The molecule has 1 aliphatic heterocycles. The quantitative estimate of drug-likeness (QED) is 0.501. The summed E-state index contributed by atoms with van der Waals surface area (Å²) in [5, 5.41) is 48.1. The van der Waals surface area contributed by atoms with Crippen molar-refractivity contribution in [3.8, 4) is 28.7 Å². The molecule has 0 aliphatic carbocycles. The summed E-state index contributed by atoms with van der Waals surface area (Å²) in [5.41, 5.74) is -0.0267. The lowest BCUT2D eigenvalue weighted by atomic mass is 9.92. The smallest absolute Gasteiger partial charge is 0.203 e. The molecule has 2 aromatic carbocycles. The second kappa shape index (κ2) is 4.81. The Balaban J connectivity index is 2.07. The summed E-state index contributed by atoms with van der Waals surface area (Å²) >= 11 is 0. The van der Waals surface area contributed by atoms with E-state index in [1.165, 1.54) is 24.3 Å². The molecular formula is C15H12O7. The largest absolute Gasteiger partial charge is 0.504 e. The number of phenolic OH excluding ortho intramolecular Hbond substituents is 4. The van der Waals surface area contributed by atoms with Crippen molar-refractivity contribution in [2.24, 2.45) is 0 Å². The first-order chi connectivity index (χ1) is 10.4. The number of ketones is 1. The van der Waals surface area contributed by atoms with Crippen molar-refractivity contribution in [1.82, 2.24) is 0 Å². The minimum absolute atomic E-state index is 0.00293. The van der Waals surface area contributed by atoms with Crippen LogP contribution in [-0.2, 0) is 0 Å². The van der Waals surface area contributed by atoms with Crippen molar-refractivity contribution in [2.75, 3.05) is 0 Å². The van der Waals surface area contributed by atoms with E-state index in [-0.39, 0.29) is 22.6 Å². The molecule has 3 rings (SSSR count). The van der Waals surface area contributed by atoms with Crippen LogP contribution < -0.4 is 4.74 Å². The van der Waals surface area contributed by atoms with E-state index in [0.717, 1.165) is 6.07 Å². The summed E-state index contributed by atoms with van der Waals surface area (Å²) < 4.78 is 5.50. The number of ether oxygens (including phenoxy) is 1. The number of rotatable bonds is 1. The Kier molecular flexibility index (Phi) is 3.07. The van der Waals surface area contributed by atoms with E-state index in [2.05, 4.69) is 0 Å². The minimum Gasteiger partial charge on any atom is -0.504 e. The first kappa shape index (κ1) is 14.0. The van der Waals surface area contributed by atoms with Gasteiger partial charge in [0.25, 0.3) is 0 Å². The fourth-order valence-electron chi connectivity index (χ4n) is 2.35. The van der Waals surface area contributed by atoms with Crippen LogP contribution >= 0.6 is 0 Å². The Bertz CT molecular complexity index is 769. The molecule has 1 heterocycles. The normalized spacial score (nSPS) is 20.3. The number of Topliss-reactive ketones (excluding diaryl/α,β-unsaturated/α-hetero) is 1. The van der Waals surface area contributed by atoms with E-state index in [9.17, 15) is 30.3 Å². The van der Waals surface area contributed by atoms with Crippen LogP contribution in [0.4, 0.5) is 0 Å². The number of hydrogen-bond donors (Lipinski definition) is 5. The molecule has 0 amide bonds.